The fourth-order valence-electron chi connectivity index (χ4n) is 1.58. The minimum atomic E-state index is -0.479. The molecule has 0 radical (unpaired) electrons. The second kappa shape index (κ2) is 6.06. The van der Waals surface area contributed by atoms with Crippen molar-refractivity contribution in [2.24, 2.45) is 0 Å². The minimum absolute atomic E-state index is 0.0732. The molecule has 6 heteroatoms. The number of amides is 1. The lowest BCUT2D eigenvalue weighted by Crippen LogP contribution is -2.26. The molecule has 0 heterocycles. The summed E-state index contributed by atoms with van der Waals surface area (Å²) in [7, 11) is 0. The Kier molecular flexibility index (Phi) is 4.42. The number of hydrogen-bond acceptors (Lipinski definition) is 4. The summed E-state index contributed by atoms with van der Waals surface area (Å²) < 4.78 is 5.75. The summed E-state index contributed by atoms with van der Waals surface area (Å²) in [6.07, 6.45) is 2.28. The van der Waals surface area contributed by atoms with Gasteiger partial charge in [-0.1, -0.05) is 15.9 Å². The van der Waals surface area contributed by atoms with E-state index >= 15 is 0 Å². The topological polar surface area (TPSA) is 81.4 Å². The summed E-state index contributed by atoms with van der Waals surface area (Å²) in [5.74, 6) is -0.559. The van der Waals surface area contributed by atoms with E-state index in [9.17, 15) is 9.59 Å². The molecule has 0 saturated heterocycles. The maximum Gasteiger partial charge on any atom is 0.338 e. The minimum Gasteiger partial charge on any atom is -0.462 e. The van der Waals surface area contributed by atoms with E-state index in [0.717, 1.165) is 12.8 Å². The molecular weight excluding hydrogens is 312 g/mol. The van der Waals surface area contributed by atoms with Gasteiger partial charge in [-0.05, 0) is 31.0 Å². The first-order chi connectivity index (χ1) is 9.04. The summed E-state index contributed by atoms with van der Waals surface area (Å²) in [5, 5.41) is 2.83. The summed E-state index contributed by atoms with van der Waals surface area (Å²) in [5.41, 5.74) is 6.48. The normalized spacial score (nSPS) is 13.9. The average molecular weight is 327 g/mol. The van der Waals surface area contributed by atoms with Crippen molar-refractivity contribution in [3.63, 3.8) is 0 Å². The molecule has 0 aromatic heterocycles. The van der Waals surface area contributed by atoms with E-state index in [0.29, 0.717) is 21.8 Å². The molecule has 1 aromatic carbocycles. The Morgan fingerprint density at radius 3 is 2.74 bits per heavy atom. The zero-order valence-electron chi connectivity index (χ0n) is 10.3. The molecule has 0 atom stereocenters. The number of nitrogens with two attached hydrogens (primary N) is 1. The van der Waals surface area contributed by atoms with Crippen LogP contribution in [0.5, 0.6) is 0 Å². The molecular formula is C13H15BrN2O3. The zero-order chi connectivity index (χ0) is 13.8. The van der Waals surface area contributed by atoms with Gasteiger partial charge in [-0.2, -0.15) is 0 Å². The van der Waals surface area contributed by atoms with Crippen molar-refractivity contribution < 1.29 is 14.3 Å². The Morgan fingerprint density at radius 2 is 2.11 bits per heavy atom. The number of nitrogen functional groups attached to an aromatic ring is 1. The largest absolute Gasteiger partial charge is 0.462 e. The van der Waals surface area contributed by atoms with Crippen LogP contribution in [0.1, 0.15) is 29.6 Å². The lowest BCUT2D eigenvalue weighted by Gasteiger charge is -2.06. The summed E-state index contributed by atoms with van der Waals surface area (Å²) >= 11 is 3.25. The van der Waals surface area contributed by atoms with Crippen LogP contribution in [0.2, 0.25) is 0 Å². The molecule has 102 valence electrons. The highest BCUT2D eigenvalue weighted by Crippen LogP contribution is 2.19. The molecule has 0 unspecified atom stereocenters. The van der Waals surface area contributed by atoms with Crippen LogP contribution < -0.4 is 11.1 Å². The van der Waals surface area contributed by atoms with Crippen molar-refractivity contribution in [3.8, 4) is 0 Å². The molecule has 3 N–H and O–H groups in total. The number of halogens is 1. The molecule has 2 rings (SSSR count). The number of hydrogen-bond donors (Lipinski definition) is 2. The van der Waals surface area contributed by atoms with Crippen LogP contribution in [0.3, 0.4) is 0 Å². The third-order valence-electron chi connectivity index (χ3n) is 2.66. The maximum absolute atomic E-state index is 11.7. The first-order valence-electron chi connectivity index (χ1n) is 6.07. The summed E-state index contributed by atoms with van der Waals surface area (Å²) in [6, 6.07) is 5.19. The van der Waals surface area contributed by atoms with Gasteiger partial charge in [0.15, 0.2) is 0 Å². The van der Waals surface area contributed by atoms with E-state index in [1.807, 2.05) is 0 Å². The molecule has 1 saturated carbocycles. The molecule has 1 aliphatic rings. The molecule has 0 spiro atoms. The number of anilines is 1. The van der Waals surface area contributed by atoms with Crippen molar-refractivity contribution >= 4 is 33.5 Å². The predicted molar refractivity (Wildman–Crippen MR) is 74.6 cm³/mol. The van der Waals surface area contributed by atoms with Crippen LogP contribution in [-0.2, 0) is 9.53 Å². The Hall–Kier alpha value is -1.56. The number of carbonyl (C=O) groups excluding carboxylic acids is 2. The van der Waals surface area contributed by atoms with Crippen LogP contribution in [0.15, 0.2) is 22.7 Å². The highest BCUT2D eigenvalue weighted by atomic mass is 79.9. The number of nitrogens with one attached hydrogen (secondary N) is 1. The number of benzene rings is 1. The van der Waals surface area contributed by atoms with Crippen LogP contribution in [-0.4, -0.2) is 24.5 Å². The van der Waals surface area contributed by atoms with Gasteiger partial charge in [0.1, 0.15) is 6.61 Å². The Bertz CT molecular complexity index is 480. The molecule has 1 aromatic rings. The van der Waals surface area contributed by atoms with E-state index in [2.05, 4.69) is 21.2 Å². The molecule has 0 bridgehead atoms. The summed E-state index contributed by atoms with van der Waals surface area (Å²) in [6.45, 7) is 0.0732. The quantitative estimate of drug-likeness (QED) is 0.639. The third kappa shape index (κ3) is 4.55. The average Bonchev–Trinajstić information content (AvgIpc) is 3.11. The van der Waals surface area contributed by atoms with Gasteiger partial charge in [0, 0.05) is 16.2 Å². The van der Waals surface area contributed by atoms with Gasteiger partial charge in [0.25, 0.3) is 0 Å². The summed E-state index contributed by atoms with van der Waals surface area (Å²) in [4.78, 5) is 23.1. The van der Waals surface area contributed by atoms with Crippen LogP contribution in [0.25, 0.3) is 0 Å². The van der Waals surface area contributed by atoms with Gasteiger partial charge in [0.2, 0.25) is 5.91 Å². The van der Waals surface area contributed by atoms with Crippen molar-refractivity contribution in [2.45, 2.75) is 25.3 Å². The molecule has 19 heavy (non-hydrogen) atoms. The Labute approximate surface area is 119 Å². The van der Waals surface area contributed by atoms with Gasteiger partial charge in [-0.15, -0.1) is 0 Å². The first kappa shape index (κ1) is 13.9. The van der Waals surface area contributed by atoms with E-state index < -0.39 is 5.97 Å². The molecule has 5 nitrogen and oxygen atoms in total. The Balaban J connectivity index is 1.78. The molecule has 1 aliphatic carbocycles. The Morgan fingerprint density at radius 1 is 1.37 bits per heavy atom. The monoisotopic (exact) mass is 326 g/mol. The number of carbonyl (C=O) groups is 2. The lowest BCUT2D eigenvalue weighted by molar-refractivity contribution is -0.121. The molecule has 1 fully saturated rings. The van der Waals surface area contributed by atoms with Gasteiger partial charge in [-0.3, -0.25) is 4.79 Å². The van der Waals surface area contributed by atoms with E-state index in [1.165, 1.54) is 6.07 Å². The van der Waals surface area contributed by atoms with Crippen LogP contribution in [0.4, 0.5) is 5.69 Å². The fourth-order valence-corrected chi connectivity index (χ4v) is 2.09. The third-order valence-corrected chi connectivity index (χ3v) is 3.12. The van der Waals surface area contributed by atoms with E-state index in [4.69, 9.17) is 10.5 Å². The van der Waals surface area contributed by atoms with Crippen LogP contribution in [0, 0.1) is 0 Å². The second-order valence-corrected chi connectivity index (χ2v) is 5.42. The highest BCUT2D eigenvalue weighted by molar-refractivity contribution is 9.10. The second-order valence-electron chi connectivity index (χ2n) is 4.50. The van der Waals surface area contributed by atoms with E-state index in [-0.39, 0.29) is 18.9 Å². The first-order valence-corrected chi connectivity index (χ1v) is 6.86. The van der Waals surface area contributed by atoms with E-state index in [1.54, 1.807) is 12.1 Å². The highest BCUT2D eigenvalue weighted by Gasteiger charge is 2.23. The number of rotatable bonds is 5. The van der Waals surface area contributed by atoms with Gasteiger partial charge >= 0.3 is 5.97 Å². The molecule has 0 aliphatic heterocycles. The SMILES string of the molecule is Nc1cc(Br)cc(C(=O)OCCC(=O)NC2CC2)c1. The van der Waals surface area contributed by atoms with Gasteiger partial charge < -0.3 is 15.8 Å². The molecule has 1 amide bonds. The zero-order valence-corrected chi connectivity index (χ0v) is 11.9. The standard InChI is InChI=1S/C13H15BrN2O3/c14-9-5-8(6-10(15)7-9)13(18)19-4-3-12(17)16-11-1-2-11/h5-7,11H,1-4,15H2,(H,16,17). The van der Waals surface area contributed by atoms with Gasteiger partial charge in [0.05, 0.1) is 12.0 Å². The smallest absolute Gasteiger partial charge is 0.338 e. The van der Waals surface area contributed by atoms with Crippen LogP contribution >= 0.6 is 15.9 Å². The lowest BCUT2D eigenvalue weighted by atomic mass is 10.2. The fraction of sp³-hybridized carbons (Fsp3) is 0.385. The predicted octanol–water partition coefficient (Wildman–Crippen LogP) is 1.86. The van der Waals surface area contributed by atoms with Crippen molar-refractivity contribution in [2.75, 3.05) is 12.3 Å². The van der Waals surface area contributed by atoms with Crippen molar-refractivity contribution in [1.29, 1.82) is 0 Å². The van der Waals surface area contributed by atoms with Crippen molar-refractivity contribution in [3.05, 3.63) is 28.2 Å². The number of esters is 1. The maximum atomic E-state index is 11.7. The van der Waals surface area contributed by atoms with Crippen molar-refractivity contribution in [1.82, 2.24) is 5.32 Å². The van der Waals surface area contributed by atoms with Gasteiger partial charge in [-0.25, -0.2) is 4.79 Å². The number of ether oxygens (including phenoxy) is 1.